The first-order chi connectivity index (χ1) is 6.70. The van der Waals surface area contributed by atoms with Gasteiger partial charge in [0, 0.05) is 34.1 Å². The first-order valence-electron chi connectivity index (χ1n) is 5.33. The molecule has 0 bridgehead atoms. The van der Waals surface area contributed by atoms with Crippen molar-refractivity contribution < 1.29 is 4.21 Å². The smallest absolute Gasteiger partial charge is 0.0329 e. The van der Waals surface area contributed by atoms with Crippen LogP contribution in [0.1, 0.15) is 26.2 Å². The predicted octanol–water partition coefficient (Wildman–Crippen LogP) is 1.63. The molecule has 0 aromatic rings. The molecule has 4 heteroatoms. The second-order valence-corrected chi connectivity index (χ2v) is 6.92. The molecule has 0 spiro atoms. The van der Waals surface area contributed by atoms with Crippen LogP contribution < -0.4 is 5.32 Å². The molecule has 0 amide bonds. The molecule has 0 aliphatic carbocycles. The van der Waals surface area contributed by atoms with E-state index in [4.69, 9.17) is 0 Å². The maximum Gasteiger partial charge on any atom is 0.0329 e. The van der Waals surface area contributed by atoms with Crippen molar-refractivity contribution in [3.05, 3.63) is 0 Å². The highest BCUT2D eigenvalue weighted by Crippen LogP contribution is 2.16. The van der Waals surface area contributed by atoms with Crippen molar-refractivity contribution >= 4 is 22.6 Å². The summed E-state index contributed by atoms with van der Waals surface area (Å²) in [6, 6.07) is 0.700. The summed E-state index contributed by atoms with van der Waals surface area (Å²) in [5.74, 6) is 2.58. The Morgan fingerprint density at radius 2 is 2.43 bits per heavy atom. The number of nitrogens with one attached hydrogen (secondary N) is 1. The monoisotopic (exact) mass is 235 g/mol. The van der Waals surface area contributed by atoms with Gasteiger partial charge in [0.1, 0.15) is 0 Å². The molecule has 1 heterocycles. The number of thioether (sulfide) groups is 1. The number of hydrogen-bond acceptors (Lipinski definition) is 3. The van der Waals surface area contributed by atoms with Crippen molar-refractivity contribution in [2.75, 3.05) is 24.3 Å². The van der Waals surface area contributed by atoms with E-state index in [1.165, 1.54) is 24.3 Å². The molecule has 0 saturated carbocycles. The highest BCUT2D eigenvalue weighted by Gasteiger charge is 2.13. The van der Waals surface area contributed by atoms with E-state index in [0.29, 0.717) is 11.3 Å². The van der Waals surface area contributed by atoms with Crippen LogP contribution in [0.4, 0.5) is 0 Å². The van der Waals surface area contributed by atoms with Crippen LogP contribution in [-0.4, -0.2) is 39.8 Å². The molecule has 84 valence electrons. The van der Waals surface area contributed by atoms with E-state index in [1.807, 2.05) is 11.8 Å². The van der Waals surface area contributed by atoms with Crippen LogP contribution in [0.15, 0.2) is 0 Å². The van der Waals surface area contributed by atoms with Crippen LogP contribution in [0.5, 0.6) is 0 Å². The summed E-state index contributed by atoms with van der Waals surface area (Å²) in [5.41, 5.74) is 0. The first-order valence-corrected chi connectivity index (χ1v) is 8.11. The van der Waals surface area contributed by atoms with E-state index in [0.717, 1.165) is 13.0 Å². The Balaban J connectivity index is 2.05. The zero-order chi connectivity index (χ0) is 10.4. The Morgan fingerprint density at radius 1 is 1.64 bits per heavy atom. The maximum atomic E-state index is 11.1. The molecule has 3 atom stereocenters. The molecule has 1 aliphatic heterocycles. The summed E-state index contributed by atoms with van der Waals surface area (Å²) < 4.78 is 11.1. The van der Waals surface area contributed by atoms with Gasteiger partial charge in [-0.1, -0.05) is 6.92 Å². The van der Waals surface area contributed by atoms with Gasteiger partial charge in [0.15, 0.2) is 0 Å². The Hall–Kier alpha value is 0.460. The second kappa shape index (κ2) is 6.85. The Labute approximate surface area is 94.1 Å². The third-order valence-electron chi connectivity index (χ3n) is 2.71. The van der Waals surface area contributed by atoms with Gasteiger partial charge in [-0.15, -0.1) is 0 Å². The van der Waals surface area contributed by atoms with Gasteiger partial charge in [-0.3, -0.25) is 4.21 Å². The predicted molar refractivity (Wildman–Crippen MR) is 66.5 cm³/mol. The normalized spacial score (nSPS) is 27.1. The summed E-state index contributed by atoms with van der Waals surface area (Å²) in [7, 11) is -0.662. The van der Waals surface area contributed by atoms with E-state index in [2.05, 4.69) is 12.2 Å². The van der Waals surface area contributed by atoms with Crippen LogP contribution in [0, 0.1) is 0 Å². The summed E-state index contributed by atoms with van der Waals surface area (Å²) in [6.45, 7) is 3.08. The van der Waals surface area contributed by atoms with Crippen molar-refractivity contribution in [3.63, 3.8) is 0 Å². The van der Waals surface area contributed by atoms with Gasteiger partial charge in [-0.25, -0.2) is 0 Å². The van der Waals surface area contributed by atoms with Gasteiger partial charge in [-0.2, -0.15) is 11.8 Å². The minimum Gasteiger partial charge on any atom is -0.313 e. The van der Waals surface area contributed by atoms with Crippen LogP contribution in [0.3, 0.4) is 0 Å². The van der Waals surface area contributed by atoms with Crippen molar-refractivity contribution in [1.29, 1.82) is 0 Å². The molecule has 1 aliphatic rings. The SMILES string of the molecule is C[C@@H](CCN[C@@H]1CCCSC1)[S@](C)=O. The summed E-state index contributed by atoms with van der Waals surface area (Å²) in [5, 5.41) is 3.88. The van der Waals surface area contributed by atoms with Crippen LogP contribution >= 0.6 is 11.8 Å². The molecule has 1 saturated heterocycles. The Bertz CT molecular complexity index is 181. The molecule has 1 rings (SSSR count). The van der Waals surface area contributed by atoms with Crippen molar-refractivity contribution in [2.24, 2.45) is 0 Å². The maximum absolute atomic E-state index is 11.1. The van der Waals surface area contributed by atoms with Gasteiger partial charge < -0.3 is 5.32 Å². The third-order valence-corrected chi connectivity index (χ3v) is 5.30. The summed E-state index contributed by atoms with van der Waals surface area (Å²) in [6.07, 6.45) is 5.49. The first kappa shape index (κ1) is 12.5. The van der Waals surface area contributed by atoms with Crippen molar-refractivity contribution in [3.8, 4) is 0 Å². The van der Waals surface area contributed by atoms with Crippen molar-refractivity contribution in [2.45, 2.75) is 37.5 Å². The van der Waals surface area contributed by atoms with E-state index in [9.17, 15) is 4.21 Å². The lowest BCUT2D eigenvalue weighted by Crippen LogP contribution is -2.35. The molecule has 1 fully saturated rings. The highest BCUT2D eigenvalue weighted by atomic mass is 32.2. The van der Waals surface area contributed by atoms with Gasteiger partial charge in [-0.05, 0) is 31.6 Å². The van der Waals surface area contributed by atoms with E-state index in [1.54, 1.807) is 6.26 Å². The molecular weight excluding hydrogens is 214 g/mol. The quantitative estimate of drug-likeness (QED) is 0.785. The van der Waals surface area contributed by atoms with Crippen LogP contribution in [0.25, 0.3) is 0 Å². The number of rotatable bonds is 5. The zero-order valence-corrected chi connectivity index (χ0v) is 10.8. The fourth-order valence-electron chi connectivity index (χ4n) is 1.56. The van der Waals surface area contributed by atoms with Gasteiger partial charge in [0.05, 0.1) is 0 Å². The van der Waals surface area contributed by atoms with Crippen LogP contribution in [-0.2, 0) is 10.8 Å². The highest BCUT2D eigenvalue weighted by molar-refractivity contribution is 7.99. The molecule has 0 aromatic carbocycles. The zero-order valence-electron chi connectivity index (χ0n) is 9.12. The van der Waals surface area contributed by atoms with Crippen LogP contribution in [0.2, 0.25) is 0 Å². The van der Waals surface area contributed by atoms with E-state index >= 15 is 0 Å². The topological polar surface area (TPSA) is 29.1 Å². The van der Waals surface area contributed by atoms with Gasteiger partial charge in [0.2, 0.25) is 0 Å². The second-order valence-electron chi connectivity index (χ2n) is 3.97. The Morgan fingerprint density at radius 3 is 3.00 bits per heavy atom. The lowest BCUT2D eigenvalue weighted by molar-refractivity contribution is 0.499. The lowest BCUT2D eigenvalue weighted by atomic mass is 10.2. The minimum absolute atomic E-state index is 0.332. The molecule has 0 aromatic heterocycles. The van der Waals surface area contributed by atoms with Gasteiger partial charge in [0.25, 0.3) is 0 Å². The fraction of sp³-hybridized carbons (Fsp3) is 1.00. The lowest BCUT2D eigenvalue weighted by Gasteiger charge is -2.23. The third kappa shape index (κ3) is 4.80. The Kier molecular flexibility index (Phi) is 6.13. The largest absolute Gasteiger partial charge is 0.313 e. The molecular formula is C10H21NOS2. The van der Waals surface area contributed by atoms with Crippen molar-refractivity contribution in [1.82, 2.24) is 5.32 Å². The van der Waals surface area contributed by atoms with E-state index in [-0.39, 0.29) is 0 Å². The van der Waals surface area contributed by atoms with Gasteiger partial charge >= 0.3 is 0 Å². The molecule has 14 heavy (non-hydrogen) atoms. The van der Waals surface area contributed by atoms with E-state index < -0.39 is 10.8 Å². The molecule has 0 unspecified atom stereocenters. The molecule has 2 nitrogen and oxygen atoms in total. The molecule has 0 radical (unpaired) electrons. The summed E-state index contributed by atoms with van der Waals surface area (Å²) in [4.78, 5) is 0. The molecule has 1 N–H and O–H groups in total. The standard InChI is InChI=1S/C10H21NOS2/c1-9(14(2)12)5-6-11-10-4-3-7-13-8-10/h9-11H,3-8H2,1-2H3/t9-,10+,14-/m0/s1. The fourth-order valence-corrected chi connectivity index (χ4v) is 3.11. The number of hydrogen-bond donors (Lipinski definition) is 1. The summed E-state index contributed by atoms with van der Waals surface area (Å²) >= 11 is 2.05. The minimum atomic E-state index is -0.662. The average molecular weight is 235 g/mol. The average Bonchev–Trinajstić information content (AvgIpc) is 2.19.